The summed E-state index contributed by atoms with van der Waals surface area (Å²) in [7, 11) is 3.63. The lowest BCUT2D eigenvalue weighted by atomic mass is 9.52. The van der Waals surface area contributed by atoms with E-state index in [1.54, 1.807) is 7.11 Å². The summed E-state index contributed by atoms with van der Waals surface area (Å²) in [6.45, 7) is 1.99. The van der Waals surface area contributed by atoms with Crippen LogP contribution in [-0.4, -0.2) is 27.8 Å². The predicted octanol–water partition coefficient (Wildman–Crippen LogP) is 3.33. The monoisotopic (exact) mass is 352 g/mol. The van der Waals surface area contributed by atoms with Gasteiger partial charge in [0.1, 0.15) is 5.75 Å². The van der Waals surface area contributed by atoms with Gasteiger partial charge in [-0.05, 0) is 48.4 Å². The summed E-state index contributed by atoms with van der Waals surface area (Å²) in [5.74, 6) is 0.857. The highest BCUT2D eigenvalue weighted by Gasteiger charge is 2.55. The van der Waals surface area contributed by atoms with Crippen LogP contribution in [0.4, 0.5) is 0 Å². The van der Waals surface area contributed by atoms with E-state index < -0.39 is 5.41 Å². The van der Waals surface area contributed by atoms with Crippen molar-refractivity contribution in [3.8, 4) is 5.75 Å². The lowest BCUT2D eigenvalue weighted by Crippen LogP contribution is -2.51. The number of aromatic nitrogens is 2. The van der Waals surface area contributed by atoms with Crippen LogP contribution in [0, 0.1) is 11.8 Å². The van der Waals surface area contributed by atoms with Crippen LogP contribution in [0.1, 0.15) is 36.6 Å². The van der Waals surface area contributed by atoms with Crippen molar-refractivity contribution in [1.82, 2.24) is 9.78 Å². The third-order valence-corrected chi connectivity index (χ3v) is 6.34. The number of carbonyl (C=O) groups excluding carboxylic acids is 1. The number of fused-ring (bicyclic) bond motifs is 3. The molecule has 0 bridgehead atoms. The SMILES string of the molecule is COc1cccc([C@]23C/C(=C/O)C(=O)[C@@H](C)[C@@H]2CCc2cnn(C)c23)c1. The van der Waals surface area contributed by atoms with E-state index >= 15 is 0 Å². The van der Waals surface area contributed by atoms with Gasteiger partial charge < -0.3 is 9.84 Å². The lowest BCUT2D eigenvalue weighted by molar-refractivity contribution is -0.123. The number of carbonyl (C=O) groups is 1. The van der Waals surface area contributed by atoms with Crippen molar-refractivity contribution in [1.29, 1.82) is 0 Å². The van der Waals surface area contributed by atoms with Gasteiger partial charge in [-0.2, -0.15) is 5.10 Å². The molecule has 0 aliphatic heterocycles. The van der Waals surface area contributed by atoms with Crippen molar-refractivity contribution < 1.29 is 14.6 Å². The Hall–Kier alpha value is -2.56. The highest BCUT2D eigenvalue weighted by molar-refractivity contribution is 5.98. The average molecular weight is 352 g/mol. The fourth-order valence-electron chi connectivity index (χ4n) is 5.19. The number of nitrogens with zero attached hydrogens (tertiary/aromatic N) is 2. The van der Waals surface area contributed by atoms with E-state index in [1.165, 1.54) is 5.56 Å². The summed E-state index contributed by atoms with van der Waals surface area (Å²) in [5.41, 5.74) is 3.59. The van der Waals surface area contributed by atoms with E-state index in [4.69, 9.17) is 4.74 Å². The van der Waals surface area contributed by atoms with Gasteiger partial charge in [0.05, 0.1) is 25.3 Å². The van der Waals surface area contributed by atoms with Crippen LogP contribution in [0.15, 0.2) is 42.3 Å². The number of rotatable bonds is 2. The second-order valence-electron chi connectivity index (χ2n) is 7.47. The van der Waals surface area contributed by atoms with Crippen LogP contribution in [0.5, 0.6) is 5.75 Å². The predicted molar refractivity (Wildman–Crippen MR) is 98.3 cm³/mol. The maximum Gasteiger partial charge on any atom is 0.165 e. The van der Waals surface area contributed by atoms with Crippen molar-refractivity contribution in [3.05, 3.63) is 59.1 Å². The number of hydrogen-bond acceptors (Lipinski definition) is 4. The number of allylic oxidation sites excluding steroid dienone is 1. The fraction of sp³-hybridized carbons (Fsp3) is 0.429. The topological polar surface area (TPSA) is 64.3 Å². The third-order valence-electron chi connectivity index (χ3n) is 6.34. The van der Waals surface area contributed by atoms with E-state index in [-0.39, 0.29) is 17.6 Å². The van der Waals surface area contributed by atoms with E-state index in [1.807, 2.05) is 37.0 Å². The molecule has 0 saturated heterocycles. The molecule has 1 saturated carbocycles. The van der Waals surface area contributed by atoms with E-state index in [0.29, 0.717) is 12.0 Å². The first kappa shape index (κ1) is 16.9. The molecule has 136 valence electrons. The molecule has 1 N–H and O–H groups in total. The largest absolute Gasteiger partial charge is 0.515 e. The number of aryl methyl sites for hydroxylation is 2. The maximum atomic E-state index is 12.8. The number of hydrogen-bond donors (Lipinski definition) is 1. The molecule has 1 heterocycles. The van der Waals surface area contributed by atoms with Crippen molar-refractivity contribution in [3.63, 3.8) is 0 Å². The van der Waals surface area contributed by atoms with Crippen LogP contribution in [0.2, 0.25) is 0 Å². The van der Waals surface area contributed by atoms with Crippen LogP contribution in [-0.2, 0) is 23.7 Å². The maximum absolute atomic E-state index is 12.8. The van der Waals surface area contributed by atoms with Gasteiger partial charge in [0.15, 0.2) is 5.78 Å². The summed E-state index contributed by atoms with van der Waals surface area (Å²) in [4.78, 5) is 12.8. The Labute approximate surface area is 153 Å². The van der Waals surface area contributed by atoms with Crippen LogP contribution < -0.4 is 4.74 Å². The zero-order valence-electron chi connectivity index (χ0n) is 15.4. The molecule has 0 unspecified atom stereocenters. The highest BCUT2D eigenvalue weighted by atomic mass is 16.5. The average Bonchev–Trinajstić information content (AvgIpc) is 3.06. The van der Waals surface area contributed by atoms with Gasteiger partial charge in [0.25, 0.3) is 0 Å². The quantitative estimate of drug-likeness (QED) is 0.665. The minimum absolute atomic E-state index is 0.0571. The number of ether oxygens (including phenoxy) is 1. The fourth-order valence-corrected chi connectivity index (χ4v) is 5.19. The van der Waals surface area contributed by atoms with Gasteiger partial charge in [-0.1, -0.05) is 19.1 Å². The molecule has 5 heteroatoms. The van der Waals surface area contributed by atoms with Crippen molar-refractivity contribution in [2.75, 3.05) is 7.11 Å². The molecule has 0 amide bonds. The first-order chi connectivity index (χ1) is 12.5. The number of aliphatic hydroxyl groups excluding tert-OH is 1. The van der Waals surface area contributed by atoms with Gasteiger partial charge in [-0.3, -0.25) is 9.48 Å². The van der Waals surface area contributed by atoms with Crippen molar-refractivity contribution in [2.24, 2.45) is 18.9 Å². The van der Waals surface area contributed by atoms with E-state index in [0.717, 1.165) is 36.1 Å². The molecule has 2 aliphatic carbocycles. The van der Waals surface area contributed by atoms with Gasteiger partial charge >= 0.3 is 0 Å². The van der Waals surface area contributed by atoms with E-state index in [9.17, 15) is 9.90 Å². The molecule has 1 aromatic heterocycles. The second kappa shape index (κ2) is 6.01. The number of methoxy groups -OCH3 is 1. The summed E-state index contributed by atoms with van der Waals surface area (Å²) in [6.07, 6.45) is 5.28. The summed E-state index contributed by atoms with van der Waals surface area (Å²) in [5, 5.41) is 14.3. The summed E-state index contributed by atoms with van der Waals surface area (Å²) >= 11 is 0. The molecule has 0 spiro atoms. The molecule has 2 aliphatic rings. The molecular weight excluding hydrogens is 328 g/mol. The first-order valence-electron chi connectivity index (χ1n) is 9.06. The highest BCUT2D eigenvalue weighted by Crippen LogP contribution is 2.56. The molecule has 0 radical (unpaired) electrons. The second-order valence-corrected chi connectivity index (χ2v) is 7.47. The Bertz CT molecular complexity index is 898. The normalized spacial score (nSPS) is 29.3. The van der Waals surface area contributed by atoms with E-state index in [2.05, 4.69) is 17.2 Å². The Morgan fingerprint density at radius 2 is 2.23 bits per heavy atom. The Balaban J connectivity index is 2.03. The minimum Gasteiger partial charge on any atom is -0.515 e. The summed E-state index contributed by atoms with van der Waals surface area (Å²) in [6, 6.07) is 8.10. The number of ketones is 1. The van der Waals surface area contributed by atoms with Crippen molar-refractivity contribution >= 4 is 5.78 Å². The molecule has 1 aromatic carbocycles. The molecule has 26 heavy (non-hydrogen) atoms. The Kier molecular flexibility index (Phi) is 3.90. The zero-order chi connectivity index (χ0) is 18.5. The molecular formula is C21H24N2O3. The number of benzene rings is 1. The molecule has 3 atom stereocenters. The smallest absolute Gasteiger partial charge is 0.165 e. The lowest BCUT2D eigenvalue weighted by Gasteiger charge is -2.50. The van der Waals surface area contributed by atoms with Gasteiger partial charge in [0, 0.05) is 24.0 Å². The minimum atomic E-state index is -0.394. The van der Waals surface area contributed by atoms with Gasteiger partial charge in [0.2, 0.25) is 0 Å². The first-order valence-corrected chi connectivity index (χ1v) is 9.06. The zero-order valence-corrected chi connectivity index (χ0v) is 15.4. The van der Waals surface area contributed by atoms with Gasteiger partial charge in [-0.15, -0.1) is 0 Å². The van der Waals surface area contributed by atoms with Crippen molar-refractivity contribution in [2.45, 2.75) is 31.6 Å². The van der Waals surface area contributed by atoms with Crippen LogP contribution in [0.3, 0.4) is 0 Å². The number of aliphatic hydroxyl groups is 1. The summed E-state index contributed by atoms with van der Waals surface area (Å²) < 4.78 is 7.41. The number of Topliss-reactive ketones (excluding diaryl/α,β-unsaturated/α-hetero) is 1. The molecule has 2 aromatic rings. The third kappa shape index (κ3) is 2.16. The standard InChI is InChI=1S/C21H24N2O3/c1-13-18-8-7-14-11-22-23(2)20(14)21(18,10-15(12-24)19(13)25)16-5-4-6-17(9-16)26-3/h4-6,9,11-13,18,24H,7-8,10H2,1-3H3/b15-12-/t13-,18-,21+/m0/s1. The van der Waals surface area contributed by atoms with Gasteiger partial charge in [-0.25, -0.2) is 0 Å². The Morgan fingerprint density at radius 3 is 2.96 bits per heavy atom. The molecule has 1 fully saturated rings. The molecule has 4 rings (SSSR count). The van der Waals surface area contributed by atoms with Crippen LogP contribution in [0.25, 0.3) is 0 Å². The van der Waals surface area contributed by atoms with Crippen LogP contribution >= 0.6 is 0 Å². The molecule has 5 nitrogen and oxygen atoms in total. The Morgan fingerprint density at radius 1 is 1.42 bits per heavy atom.